The van der Waals surface area contributed by atoms with Crippen LogP contribution in [-0.4, -0.2) is 20.9 Å². The van der Waals surface area contributed by atoms with Crippen LogP contribution >= 0.6 is 11.3 Å². The summed E-state index contributed by atoms with van der Waals surface area (Å²) in [6, 6.07) is 5.32. The molecule has 0 aliphatic carbocycles. The van der Waals surface area contributed by atoms with E-state index >= 15 is 0 Å². The van der Waals surface area contributed by atoms with Gasteiger partial charge in [0.25, 0.3) is 5.91 Å². The Morgan fingerprint density at radius 2 is 1.81 bits per heavy atom. The van der Waals surface area contributed by atoms with Gasteiger partial charge in [-0.05, 0) is 39.0 Å². The first-order valence-electron chi connectivity index (χ1n) is 6.52. The molecule has 0 aliphatic heterocycles. The number of hydrogen-bond acceptors (Lipinski definition) is 5. The molecule has 5 nitrogen and oxygen atoms in total. The fraction of sp³-hybridized carbons (Fsp3) is 0.200. The SMILES string of the molecule is Cc1cnc(NC(=O)c2ccc3nc(C)c(C)nc3c2)s1. The number of fused-ring (bicyclic) bond motifs is 1. The van der Waals surface area contributed by atoms with Gasteiger partial charge in [-0.1, -0.05) is 0 Å². The van der Waals surface area contributed by atoms with Crippen LogP contribution in [0.1, 0.15) is 26.6 Å². The Labute approximate surface area is 126 Å². The standard InChI is InChI=1S/C15H14N4OS/c1-8-7-16-15(21-8)19-14(20)11-4-5-12-13(6-11)18-10(3)9(2)17-12/h4-7H,1-3H3,(H,16,19,20). The molecule has 21 heavy (non-hydrogen) atoms. The summed E-state index contributed by atoms with van der Waals surface area (Å²) >= 11 is 1.45. The average Bonchev–Trinajstić information content (AvgIpc) is 2.85. The van der Waals surface area contributed by atoms with Crippen LogP contribution in [0, 0.1) is 20.8 Å². The molecule has 2 aromatic heterocycles. The molecule has 0 atom stereocenters. The Hall–Kier alpha value is -2.34. The van der Waals surface area contributed by atoms with E-state index in [4.69, 9.17) is 0 Å². The van der Waals surface area contributed by atoms with Crippen molar-refractivity contribution in [2.24, 2.45) is 0 Å². The minimum absolute atomic E-state index is 0.189. The van der Waals surface area contributed by atoms with Gasteiger partial charge in [0.2, 0.25) is 0 Å². The summed E-state index contributed by atoms with van der Waals surface area (Å²) in [5.74, 6) is -0.189. The molecule has 0 aliphatic rings. The smallest absolute Gasteiger partial charge is 0.257 e. The molecular formula is C15H14N4OS. The molecule has 0 unspecified atom stereocenters. The second-order valence-electron chi connectivity index (χ2n) is 4.83. The first-order chi connectivity index (χ1) is 10.0. The van der Waals surface area contributed by atoms with Gasteiger partial charge in [-0.25, -0.2) is 15.0 Å². The Balaban J connectivity index is 1.93. The molecule has 0 radical (unpaired) electrons. The zero-order valence-corrected chi connectivity index (χ0v) is 12.8. The average molecular weight is 298 g/mol. The van der Waals surface area contributed by atoms with Crippen LogP contribution < -0.4 is 5.32 Å². The molecule has 0 saturated heterocycles. The number of anilines is 1. The van der Waals surface area contributed by atoms with Crippen molar-refractivity contribution in [3.8, 4) is 0 Å². The second kappa shape index (κ2) is 5.21. The topological polar surface area (TPSA) is 67.8 Å². The Morgan fingerprint density at radius 3 is 2.48 bits per heavy atom. The molecular weight excluding hydrogens is 284 g/mol. The molecule has 0 fully saturated rings. The lowest BCUT2D eigenvalue weighted by molar-refractivity contribution is 0.102. The van der Waals surface area contributed by atoms with Crippen molar-refractivity contribution in [1.82, 2.24) is 15.0 Å². The zero-order valence-electron chi connectivity index (χ0n) is 12.0. The fourth-order valence-corrected chi connectivity index (χ4v) is 2.61. The summed E-state index contributed by atoms with van der Waals surface area (Å²) in [6.45, 7) is 5.78. The van der Waals surface area contributed by atoms with E-state index in [1.807, 2.05) is 26.8 Å². The Bertz CT molecular complexity index is 841. The van der Waals surface area contributed by atoms with Crippen molar-refractivity contribution in [3.63, 3.8) is 0 Å². The number of amides is 1. The summed E-state index contributed by atoms with van der Waals surface area (Å²) in [5.41, 5.74) is 3.84. The number of hydrogen-bond donors (Lipinski definition) is 1. The molecule has 0 saturated carbocycles. The van der Waals surface area contributed by atoms with E-state index in [9.17, 15) is 4.79 Å². The van der Waals surface area contributed by atoms with Gasteiger partial charge < -0.3 is 0 Å². The molecule has 0 bridgehead atoms. The van der Waals surface area contributed by atoms with E-state index in [1.54, 1.807) is 18.3 Å². The van der Waals surface area contributed by atoms with Crippen molar-refractivity contribution < 1.29 is 4.79 Å². The van der Waals surface area contributed by atoms with E-state index in [-0.39, 0.29) is 5.91 Å². The van der Waals surface area contributed by atoms with Crippen LogP contribution in [0.2, 0.25) is 0 Å². The molecule has 106 valence electrons. The minimum Gasteiger partial charge on any atom is -0.298 e. The maximum Gasteiger partial charge on any atom is 0.257 e. The zero-order chi connectivity index (χ0) is 15.0. The summed E-state index contributed by atoms with van der Waals surface area (Å²) in [5, 5.41) is 3.39. The van der Waals surface area contributed by atoms with Gasteiger partial charge in [0, 0.05) is 16.6 Å². The van der Waals surface area contributed by atoms with Crippen LogP contribution in [0.5, 0.6) is 0 Å². The summed E-state index contributed by atoms with van der Waals surface area (Å²) in [4.78, 5) is 26.3. The van der Waals surface area contributed by atoms with Gasteiger partial charge in [-0.15, -0.1) is 11.3 Å². The highest BCUT2D eigenvalue weighted by Crippen LogP contribution is 2.19. The predicted octanol–water partition coefficient (Wildman–Crippen LogP) is 3.26. The monoisotopic (exact) mass is 298 g/mol. The quantitative estimate of drug-likeness (QED) is 0.788. The van der Waals surface area contributed by atoms with Crippen molar-refractivity contribution in [1.29, 1.82) is 0 Å². The van der Waals surface area contributed by atoms with Gasteiger partial charge >= 0.3 is 0 Å². The Morgan fingerprint density at radius 1 is 1.10 bits per heavy atom. The number of nitrogens with zero attached hydrogens (tertiary/aromatic N) is 3. The summed E-state index contributed by atoms with van der Waals surface area (Å²) in [6.07, 6.45) is 1.73. The third-order valence-electron chi connectivity index (χ3n) is 3.18. The first-order valence-corrected chi connectivity index (χ1v) is 7.33. The first kappa shape index (κ1) is 13.6. The number of benzene rings is 1. The van der Waals surface area contributed by atoms with Crippen LogP contribution in [-0.2, 0) is 0 Å². The normalized spacial score (nSPS) is 10.8. The van der Waals surface area contributed by atoms with Crippen LogP contribution in [0.15, 0.2) is 24.4 Å². The van der Waals surface area contributed by atoms with Crippen LogP contribution in [0.4, 0.5) is 5.13 Å². The number of nitrogens with one attached hydrogen (secondary N) is 1. The Kier molecular flexibility index (Phi) is 3.39. The fourth-order valence-electron chi connectivity index (χ4n) is 1.95. The number of carbonyl (C=O) groups is 1. The maximum atomic E-state index is 12.2. The van der Waals surface area contributed by atoms with E-state index < -0.39 is 0 Å². The second-order valence-corrected chi connectivity index (χ2v) is 6.06. The third kappa shape index (κ3) is 2.75. The molecule has 1 aromatic carbocycles. The number of rotatable bonds is 2. The number of aryl methyl sites for hydroxylation is 3. The van der Waals surface area contributed by atoms with Gasteiger partial charge in [0.05, 0.1) is 22.4 Å². The van der Waals surface area contributed by atoms with Crippen molar-refractivity contribution in [2.75, 3.05) is 5.32 Å². The highest BCUT2D eigenvalue weighted by atomic mass is 32.1. The lowest BCUT2D eigenvalue weighted by atomic mass is 10.1. The maximum absolute atomic E-state index is 12.2. The molecule has 3 rings (SSSR count). The van der Waals surface area contributed by atoms with E-state index in [0.29, 0.717) is 10.7 Å². The van der Waals surface area contributed by atoms with E-state index in [0.717, 1.165) is 27.3 Å². The number of aromatic nitrogens is 3. The minimum atomic E-state index is -0.189. The number of thiazole rings is 1. The molecule has 3 aromatic rings. The van der Waals surface area contributed by atoms with Crippen LogP contribution in [0.3, 0.4) is 0 Å². The predicted molar refractivity (Wildman–Crippen MR) is 83.8 cm³/mol. The summed E-state index contributed by atoms with van der Waals surface area (Å²) < 4.78 is 0. The summed E-state index contributed by atoms with van der Waals surface area (Å²) in [7, 11) is 0. The molecule has 0 spiro atoms. The molecule has 1 amide bonds. The van der Waals surface area contributed by atoms with Gasteiger partial charge in [-0.2, -0.15) is 0 Å². The van der Waals surface area contributed by atoms with E-state index in [2.05, 4.69) is 20.3 Å². The third-order valence-corrected chi connectivity index (χ3v) is 4.01. The van der Waals surface area contributed by atoms with Gasteiger partial charge in [-0.3, -0.25) is 10.1 Å². The molecule has 2 heterocycles. The molecule has 1 N–H and O–H groups in total. The van der Waals surface area contributed by atoms with Crippen molar-refractivity contribution >= 4 is 33.4 Å². The largest absolute Gasteiger partial charge is 0.298 e. The van der Waals surface area contributed by atoms with Crippen molar-refractivity contribution in [3.05, 3.63) is 46.2 Å². The van der Waals surface area contributed by atoms with E-state index in [1.165, 1.54) is 11.3 Å². The highest BCUT2D eigenvalue weighted by molar-refractivity contribution is 7.15. The lowest BCUT2D eigenvalue weighted by Gasteiger charge is -2.05. The van der Waals surface area contributed by atoms with Gasteiger partial charge in [0.15, 0.2) is 5.13 Å². The van der Waals surface area contributed by atoms with Crippen LogP contribution in [0.25, 0.3) is 11.0 Å². The number of carbonyl (C=O) groups excluding carboxylic acids is 1. The van der Waals surface area contributed by atoms with Gasteiger partial charge in [0.1, 0.15) is 0 Å². The molecule has 6 heteroatoms. The highest BCUT2D eigenvalue weighted by Gasteiger charge is 2.10. The lowest BCUT2D eigenvalue weighted by Crippen LogP contribution is -2.11. The van der Waals surface area contributed by atoms with Crippen molar-refractivity contribution in [2.45, 2.75) is 20.8 Å².